The van der Waals surface area contributed by atoms with Gasteiger partial charge in [0.05, 0.1) is 6.61 Å². The predicted octanol–water partition coefficient (Wildman–Crippen LogP) is 8.45. The zero-order valence-corrected chi connectivity index (χ0v) is 22.8. The van der Waals surface area contributed by atoms with Gasteiger partial charge in [0.2, 0.25) is 0 Å². The summed E-state index contributed by atoms with van der Waals surface area (Å²) < 4.78 is 23.1. The van der Waals surface area contributed by atoms with Gasteiger partial charge >= 0.3 is 11.9 Å². The zero-order valence-electron chi connectivity index (χ0n) is 22.8. The van der Waals surface area contributed by atoms with Crippen molar-refractivity contribution in [3.8, 4) is 0 Å². The van der Waals surface area contributed by atoms with Crippen molar-refractivity contribution in [1.29, 1.82) is 0 Å². The minimum absolute atomic E-state index is 0.142. The van der Waals surface area contributed by atoms with Gasteiger partial charge in [-0.1, -0.05) is 112 Å². The zero-order chi connectivity index (χ0) is 27.1. The molecule has 0 spiro atoms. The number of hydrogen-bond acceptors (Lipinski definition) is 5. The molecule has 0 bridgehead atoms. The van der Waals surface area contributed by atoms with E-state index < -0.39 is 0 Å². The Morgan fingerprint density at radius 2 is 0.974 bits per heavy atom. The van der Waals surface area contributed by atoms with Crippen LogP contribution in [-0.2, 0) is 37.2 Å². The number of carbonyl (C=O) groups is 2. The summed E-state index contributed by atoms with van der Waals surface area (Å²) in [6.45, 7) is 0.837. The monoisotopic (exact) mass is 528 g/mol. The van der Waals surface area contributed by atoms with Crippen molar-refractivity contribution in [1.82, 2.24) is 0 Å². The summed E-state index contributed by atoms with van der Waals surface area (Å²) in [5.74, 6) is -0.0325. The third-order valence-corrected chi connectivity index (χ3v) is 6.77. The van der Waals surface area contributed by atoms with Crippen molar-refractivity contribution in [3.05, 3.63) is 71.8 Å². The van der Waals surface area contributed by atoms with Crippen LogP contribution in [-0.4, -0.2) is 18.5 Å². The van der Waals surface area contributed by atoms with Crippen LogP contribution in [0.3, 0.4) is 0 Å². The molecule has 38 heavy (non-hydrogen) atoms. The number of benzene rings is 2. The number of unbranched alkanes of at least 4 members (excludes halogenated alkanes) is 8. The fraction of sp³-hybridized carbons (Fsp3) is 0.562. The molecule has 2 rings (SSSR count). The molecule has 0 aromatic heterocycles. The van der Waals surface area contributed by atoms with Crippen LogP contribution in [0.25, 0.3) is 0 Å². The highest BCUT2D eigenvalue weighted by Gasteiger charge is 2.10. The van der Waals surface area contributed by atoms with Gasteiger partial charge in [-0.3, -0.25) is 9.59 Å². The topological polar surface area (TPSA) is 61.8 Å². The van der Waals surface area contributed by atoms with Crippen molar-refractivity contribution >= 4 is 11.9 Å². The second-order valence-corrected chi connectivity index (χ2v) is 10.0. The Labute approximate surface area is 228 Å². The summed E-state index contributed by atoms with van der Waals surface area (Å²) in [6.07, 6.45) is 13.0. The summed E-state index contributed by atoms with van der Waals surface area (Å²) in [5.41, 5.74) is 2.01. The van der Waals surface area contributed by atoms with E-state index in [1.807, 2.05) is 60.7 Å². The molecule has 0 aliphatic heterocycles. The van der Waals surface area contributed by atoms with Gasteiger partial charge in [-0.05, 0) is 47.3 Å². The van der Waals surface area contributed by atoms with Crippen molar-refractivity contribution < 1.29 is 28.5 Å². The summed E-state index contributed by atoms with van der Waals surface area (Å²) in [4.78, 5) is 27.7. The van der Waals surface area contributed by atoms with Crippen molar-refractivity contribution in [2.24, 2.45) is 5.92 Å². The van der Waals surface area contributed by atoms with Crippen molar-refractivity contribution in [2.75, 3.05) is 6.61 Å². The summed E-state index contributed by atoms with van der Waals surface area (Å²) in [7, 11) is 0. The lowest BCUT2D eigenvalue weighted by Gasteiger charge is -2.14. The van der Waals surface area contributed by atoms with Gasteiger partial charge in [0, 0.05) is 12.8 Å². The molecule has 2 aromatic rings. The van der Waals surface area contributed by atoms with E-state index in [0.717, 1.165) is 88.2 Å². The van der Waals surface area contributed by atoms with Gasteiger partial charge < -0.3 is 9.47 Å². The first-order chi connectivity index (χ1) is 18.7. The number of halogens is 1. The lowest BCUT2D eigenvalue weighted by Crippen LogP contribution is -2.07. The molecule has 0 amide bonds. The molecular formula is C32H45FO5. The maximum absolute atomic E-state index is 12.5. The average molecular weight is 529 g/mol. The van der Waals surface area contributed by atoms with Crippen LogP contribution in [0.1, 0.15) is 101 Å². The predicted molar refractivity (Wildman–Crippen MR) is 148 cm³/mol. The maximum atomic E-state index is 12.5. The Morgan fingerprint density at radius 3 is 1.39 bits per heavy atom. The minimum Gasteiger partial charge on any atom is -0.461 e. The molecule has 0 N–H and O–H groups in total. The van der Waals surface area contributed by atoms with Crippen LogP contribution in [0.2, 0.25) is 0 Å². The van der Waals surface area contributed by atoms with E-state index in [2.05, 4.69) is 4.94 Å². The van der Waals surface area contributed by atoms with Gasteiger partial charge in [0.1, 0.15) is 13.2 Å². The van der Waals surface area contributed by atoms with Crippen LogP contribution in [0.5, 0.6) is 0 Å². The summed E-state index contributed by atoms with van der Waals surface area (Å²) in [5, 5.41) is 0. The second kappa shape index (κ2) is 21.2. The molecule has 2 aromatic carbocycles. The van der Waals surface area contributed by atoms with Crippen molar-refractivity contribution in [2.45, 2.75) is 103 Å². The first-order valence-electron chi connectivity index (χ1n) is 14.3. The molecular weight excluding hydrogens is 483 g/mol. The molecule has 0 heterocycles. The lowest BCUT2D eigenvalue weighted by atomic mass is 9.95. The highest BCUT2D eigenvalue weighted by atomic mass is 19.3. The van der Waals surface area contributed by atoms with E-state index >= 15 is 0 Å². The van der Waals surface area contributed by atoms with Gasteiger partial charge in [0.15, 0.2) is 0 Å². The summed E-state index contributed by atoms with van der Waals surface area (Å²) >= 11 is 0. The molecule has 0 radical (unpaired) electrons. The van der Waals surface area contributed by atoms with E-state index in [1.165, 1.54) is 0 Å². The molecule has 0 aliphatic rings. The minimum atomic E-state index is -0.142. The summed E-state index contributed by atoms with van der Waals surface area (Å²) in [6, 6.07) is 19.4. The van der Waals surface area contributed by atoms with Crippen LogP contribution >= 0.6 is 0 Å². The van der Waals surface area contributed by atoms with E-state index in [0.29, 0.717) is 26.1 Å². The molecule has 0 aliphatic carbocycles. The second-order valence-electron chi connectivity index (χ2n) is 10.0. The molecule has 210 valence electrons. The maximum Gasteiger partial charge on any atom is 0.306 e. The Bertz CT molecular complexity index is 789. The van der Waals surface area contributed by atoms with Crippen LogP contribution in [0.4, 0.5) is 4.53 Å². The fourth-order valence-corrected chi connectivity index (χ4v) is 4.49. The molecule has 5 nitrogen and oxygen atoms in total. The van der Waals surface area contributed by atoms with Crippen LogP contribution in [0, 0.1) is 5.92 Å². The van der Waals surface area contributed by atoms with Gasteiger partial charge in [-0.15, -0.1) is 0 Å². The quantitative estimate of drug-likeness (QED) is 0.113. The number of hydrogen-bond donors (Lipinski definition) is 0. The van der Waals surface area contributed by atoms with Gasteiger partial charge in [0.25, 0.3) is 0 Å². The standard InChI is InChI=1S/C32H45FO5/c33-38-27-30(21-9-3-1-5-15-23-31(34)36-25-28-17-11-7-12-18-28)22-10-4-2-6-16-24-32(35)37-26-29-19-13-8-14-20-29/h7-8,11-14,17-20,30H,1-6,9-10,15-16,21-27H2. The SMILES string of the molecule is O=C(CCCCCCCC(CCCCCCCC(=O)OCc1ccccc1)COF)OCc1ccccc1. The third kappa shape index (κ3) is 16.2. The first-order valence-corrected chi connectivity index (χ1v) is 14.3. The molecule has 0 fully saturated rings. The van der Waals surface area contributed by atoms with Crippen molar-refractivity contribution in [3.63, 3.8) is 0 Å². The number of ether oxygens (including phenoxy) is 2. The average Bonchev–Trinajstić information content (AvgIpc) is 2.95. The highest BCUT2D eigenvalue weighted by Crippen LogP contribution is 2.20. The molecule has 0 saturated heterocycles. The number of carbonyl (C=O) groups excluding carboxylic acids is 2. The van der Waals surface area contributed by atoms with Gasteiger partial charge in [-0.2, -0.15) is 4.94 Å². The van der Waals surface area contributed by atoms with Crippen LogP contribution < -0.4 is 0 Å². The largest absolute Gasteiger partial charge is 0.461 e. The first kappa shape index (κ1) is 31.5. The molecule has 6 heteroatoms. The van der Waals surface area contributed by atoms with E-state index in [4.69, 9.17) is 9.47 Å². The number of esters is 2. The van der Waals surface area contributed by atoms with Crippen LogP contribution in [0.15, 0.2) is 60.7 Å². The Kier molecular flexibility index (Phi) is 17.6. The number of rotatable bonds is 22. The van der Waals surface area contributed by atoms with E-state index in [-0.39, 0.29) is 24.5 Å². The lowest BCUT2D eigenvalue weighted by molar-refractivity contribution is -0.146. The molecule has 0 unspecified atom stereocenters. The normalized spacial score (nSPS) is 11.0. The van der Waals surface area contributed by atoms with Gasteiger partial charge in [-0.25, -0.2) is 0 Å². The smallest absolute Gasteiger partial charge is 0.306 e. The Balaban J connectivity index is 1.39. The Morgan fingerprint density at radius 1 is 0.579 bits per heavy atom. The Hall–Kier alpha value is -2.73. The highest BCUT2D eigenvalue weighted by molar-refractivity contribution is 5.69. The van der Waals surface area contributed by atoms with E-state index in [9.17, 15) is 14.1 Å². The molecule has 0 atom stereocenters. The fourth-order valence-electron chi connectivity index (χ4n) is 4.49. The molecule has 0 saturated carbocycles. The van der Waals surface area contributed by atoms with E-state index in [1.54, 1.807) is 0 Å². The third-order valence-electron chi connectivity index (χ3n) is 6.77.